The molecule has 1 aromatic carbocycles. The minimum atomic E-state index is 0.644. The second kappa shape index (κ2) is 9.02. The van der Waals surface area contributed by atoms with Crippen molar-refractivity contribution in [2.75, 3.05) is 0 Å². The highest BCUT2D eigenvalue weighted by atomic mass is 19.1. The third-order valence-corrected chi connectivity index (χ3v) is 4.95. The van der Waals surface area contributed by atoms with E-state index in [4.69, 9.17) is 0 Å². The number of halogens is 1. The molecular weight excluding hydrogens is 259 g/mol. The Morgan fingerprint density at radius 3 is 2.43 bits per heavy atom. The van der Waals surface area contributed by atoms with Gasteiger partial charge in [-0.2, -0.15) is 0 Å². The normalized spacial score (nSPS) is 22.8. The van der Waals surface area contributed by atoms with E-state index in [1.165, 1.54) is 56.1 Å². The van der Waals surface area contributed by atoms with E-state index in [1.807, 2.05) is 0 Å². The molecule has 0 radical (unpaired) electrons. The summed E-state index contributed by atoms with van der Waals surface area (Å²) in [5.74, 6) is 1.75. The highest BCUT2D eigenvalue weighted by Crippen LogP contribution is 2.37. The Kier molecular flexibility index (Phi) is 6.99. The average Bonchev–Trinajstić information content (AvgIpc) is 2.54. The molecule has 1 heteroatoms. The van der Waals surface area contributed by atoms with Gasteiger partial charge in [0.25, 0.3) is 0 Å². The van der Waals surface area contributed by atoms with E-state index in [2.05, 4.69) is 31.2 Å². The maximum atomic E-state index is 11.9. The molecule has 0 spiro atoms. The Bertz CT molecular complexity index is 410. The van der Waals surface area contributed by atoms with Gasteiger partial charge in [0, 0.05) is 0 Å². The fourth-order valence-corrected chi connectivity index (χ4v) is 3.55. The minimum Gasteiger partial charge on any atom is -0.216 e. The first kappa shape index (κ1) is 16.3. The molecule has 0 heterocycles. The molecule has 0 aliphatic heterocycles. The lowest BCUT2D eigenvalue weighted by Gasteiger charge is -2.29. The van der Waals surface area contributed by atoms with Crippen LogP contribution in [0.3, 0.4) is 0 Å². The summed E-state index contributed by atoms with van der Waals surface area (Å²) in [6, 6.07) is 9.05. The Morgan fingerprint density at radius 2 is 1.81 bits per heavy atom. The van der Waals surface area contributed by atoms with Gasteiger partial charge in [-0.1, -0.05) is 56.5 Å². The van der Waals surface area contributed by atoms with Crippen molar-refractivity contribution in [3.8, 4) is 0 Å². The van der Waals surface area contributed by atoms with Gasteiger partial charge in [-0.15, -0.1) is 0 Å². The van der Waals surface area contributed by atoms with Crippen LogP contribution in [0.1, 0.15) is 75.3 Å². The van der Waals surface area contributed by atoms with E-state index in [1.54, 1.807) is 6.08 Å². The monoisotopic (exact) mass is 288 g/mol. The zero-order valence-electron chi connectivity index (χ0n) is 13.4. The zero-order valence-corrected chi connectivity index (χ0v) is 13.4. The van der Waals surface area contributed by atoms with Crippen molar-refractivity contribution < 1.29 is 4.39 Å². The summed E-state index contributed by atoms with van der Waals surface area (Å²) in [5.41, 5.74) is 2.82. The Morgan fingerprint density at radius 1 is 1.10 bits per heavy atom. The first-order valence-electron chi connectivity index (χ1n) is 8.67. The van der Waals surface area contributed by atoms with Crippen molar-refractivity contribution in [3.05, 3.63) is 47.8 Å². The van der Waals surface area contributed by atoms with Crippen LogP contribution in [0.25, 0.3) is 0 Å². The molecule has 0 bridgehead atoms. The lowest BCUT2D eigenvalue weighted by molar-refractivity contribution is 0.304. The molecule has 1 aliphatic rings. The maximum Gasteiger partial charge on any atom is 0.0827 e. The van der Waals surface area contributed by atoms with E-state index in [9.17, 15) is 4.39 Å². The second-order valence-corrected chi connectivity index (χ2v) is 6.50. The SMILES string of the molecule is CCCC[C@H]1CC[C@H](c2ccc(CCC=CF)cc2)CC1. The number of unbranched alkanes of at least 4 members (excludes halogenated alkanes) is 1. The van der Waals surface area contributed by atoms with Crippen molar-refractivity contribution in [1.82, 2.24) is 0 Å². The molecule has 0 amide bonds. The zero-order chi connectivity index (χ0) is 14.9. The standard InChI is InChI=1S/C20H29F/c1-2-3-6-17-8-12-19(13-9-17)20-14-10-18(11-15-20)7-4-5-16-21/h5,10-11,14-17,19H,2-4,6-9,12-13H2,1H3/t17-,19-. The van der Waals surface area contributed by atoms with Crippen LogP contribution >= 0.6 is 0 Å². The lowest BCUT2D eigenvalue weighted by atomic mass is 9.77. The molecule has 116 valence electrons. The average molecular weight is 288 g/mol. The van der Waals surface area contributed by atoms with Gasteiger partial charge in [-0.05, 0) is 61.5 Å². The van der Waals surface area contributed by atoms with Gasteiger partial charge < -0.3 is 0 Å². The Balaban J connectivity index is 1.80. The van der Waals surface area contributed by atoms with Crippen LogP contribution in [-0.2, 0) is 6.42 Å². The number of aryl methyl sites for hydroxylation is 1. The summed E-state index contributed by atoms with van der Waals surface area (Å²) in [4.78, 5) is 0. The number of rotatable bonds is 7. The van der Waals surface area contributed by atoms with E-state index < -0.39 is 0 Å². The smallest absolute Gasteiger partial charge is 0.0827 e. The molecule has 1 saturated carbocycles. The van der Waals surface area contributed by atoms with Crippen LogP contribution in [-0.4, -0.2) is 0 Å². The largest absolute Gasteiger partial charge is 0.216 e. The third-order valence-electron chi connectivity index (χ3n) is 4.95. The van der Waals surface area contributed by atoms with Crippen molar-refractivity contribution in [1.29, 1.82) is 0 Å². The quantitative estimate of drug-likeness (QED) is 0.532. The molecule has 0 atom stereocenters. The fourth-order valence-electron chi connectivity index (χ4n) is 3.55. The molecule has 1 fully saturated rings. The van der Waals surface area contributed by atoms with Gasteiger partial charge in [0.05, 0.1) is 6.33 Å². The van der Waals surface area contributed by atoms with Crippen molar-refractivity contribution in [2.45, 2.75) is 70.6 Å². The van der Waals surface area contributed by atoms with E-state index in [0.29, 0.717) is 6.33 Å². The lowest BCUT2D eigenvalue weighted by Crippen LogP contribution is -2.13. The first-order chi connectivity index (χ1) is 10.3. The van der Waals surface area contributed by atoms with Crippen LogP contribution in [0, 0.1) is 5.92 Å². The van der Waals surface area contributed by atoms with E-state index in [-0.39, 0.29) is 0 Å². The number of benzene rings is 1. The van der Waals surface area contributed by atoms with Crippen LogP contribution < -0.4 is 0 Å². The molecule has 1 aliphatic carbocycles. The van der Waals surface area contributed by atoms with Crippen molar-refractivity contribution in [2.24, 2.45) is 5.92 Å². The van der Waals surface area contributed by atoms with Gasteiger partial charge in [0.1, 0.15) is 0 Å². The van der Waals surface area contributed by atoms with Gasteiger partial charge in [-0.25, -0.2) is 4.39 Å². The van der Waals surface area contributed by atoms with Crippen LogP contribution in [0.2, 0.25) is 0 Å². The molecule has 0 unspecified atom stereocenters. The number of hydrogen-bond donors (Lipinski definition) is 0. The van der Waals surface area contributed by atoms with Crippen LogP contribution in [0.5, 0.6) is 0 Å². The van der Waals surface area contributed by atoms with Gasteiger partial charge in [0.2, 0.25) is 0 Å². The molecule has 21 heavy (non-hydrogen) atoms. The van der Waals surface area contributed by atoms with E-state index in [0.717, 1.165) is 24.7 Å². The molecular formula is C20H29F. The molecule has 0 nitrogen and oxygen atoms in total. The van der Waals surface area contributed by atoms with Crippen LogP contribution in [0.4, 0.5) is 4.39 Å². The third kappa shape index (κ3) is 5.30. The minimum absolute atomic E-state index is 0.644. The summed E-state index contributed by atoms with van der Waals surface area (Å²) >= 11 is 0. The van der Waals surface area contributed by atoms with E-state index >= 15 is 0 Å². The fraction of sp³-hybridized carbons (Fsp3) is 0.600. The molecule has 0 N–H and O–H groups in total. The Labute approximate surface area is 129 Å². The summed E-state index contributed by atoms with van der Waals surface area (Å²) in [6.07, 6.45) is 13.7. The van der Waals surface area contributed by atoms with Gasteiger partial charge in [-0.3, -0.25) is 0 Å². The Hall–Kier alpha value is -1.11. The van der Waals surface area contributed by atoms with Gasteiger partial charge in [0.15, 0.2) is 0 Å². The molecule has 0 aromatic heterocycles. The predicted octanol–water partition coefficient (Wildman–Crippen LogP) is 6.57. The number of allylic oxidation sites excluding steroid dienone is 1. The van der Waals surface area contributed by atoms with Gasteiger partial charge >= 0.3 is 0 Å². The summed E-state index contributed by atoms with van der Waals surface area (Å²) in [5, 5.41) is 0. The van der Waals surface area contributed by atoms with Crippen molar-refractivity contribution >= 4 is 0 Å². The topological polar surface area (TPSA) is 0 Å². The molecule has 2 rings (SSSR count). The molecule has 1 aromatic rings. The summed E-state index contributed by atoms with van der Waals surface area (Å²) < 4.78 is 11.9. The van der Waals surface area contributed by atoms with Crippen LogP contribution in [0.15, 0.2) is 36.7 Å². The first-order valence-corrected chi connectivity index (χ1v) is 8.67. The number of hydrogen-bond acceptors (Lipinski definition) is 0. The summed E-state index contributed by atoms with van der Waals surface area (Å²) in [7, 11) is 0. The second-order valence-electron chi connectivity index (χ2n) is 6.50. The highest BCUT2D eigenvalue weighted by molar-refractivity contribution is 5.26. The highest BCUT2D eigenvalue weighted by Gasteiger charge is 2.21. The molecule has 0 saturated heterocycles. The maximum absolute atomic E-state index is 11.9. The summed E-state index contributed by atoms with van der Waals surface area (Å²) in [6.45, 7) is 2.29. The van der Waals surface area contributed by atoms with Crippen molar-refractivity contribution in [3.63, 3.8) is 0 Å². The predicted molar refractivity (Wildman–Crippen MR) is 89.2 cm³/mol.